The largest absolute Gasteiger partial charge is 0.497 e. The molecule has 3 rings (SSSR count). The Hall–Kier alpha value is -3.33. The average Bonchev–Trinajstić information content (AvgIpc) is 2.73. The van der Waals surface area contributed by atoms with E-state index in [0.717, 1.165) is 40.0 Å². The fourth-order valence-electron chi connectivity index (χ4n) is 2.88. The van der Waals surface area contributed by atoms with Crippen molar-refractivity contribution in [2.45, 2.75) is 0 Å². The molecule has 0 aliphatic rings. The highest BCUT2D eigenvalue weighted by Gasteiger charge is 2.14. The van der Waals surface area contributed by atoms with E-state index < -0.39 is 0 Å². The number of ether oxygens (including phenoxy) is 2. The van der Waals surface area contributed by atoms with Crippen LogP contribution in [0.4, 0.5) is 0 Å². The molecule has 0 aliphatic carbocycles. The molecule has 26 heavy (non-hydrogen) atoms. The molecule has 0 bridgehead atoms. The van der Waals surface area contributed by atoms with Crippen molar-refractivity contribution in [1.29, 1.82) is 0 Å². The second kappa shape index (κ2) is 8.17. The first-order valence-electron chi connectivity index (χ1n) is 8.30. The van der Waals surface area contributed by atoms with Crippen LogP contribution >= 0.6 is 0 Å². The van der Waals surface area contributed by atoms with E-state index in [0.29, 0.717) is 5.57 Å². The number of hydrogen-bond donors (Lipinski definition) is 0. The SMILES string of the molecule is COc1ccc(C(=C(C=O)c2ccccc2)c2ccc(OC)cc2)cc1. The summed E-state index contributed by atoms with van der Waals surface area (Å²) in [4.78, 5) is 12.0. The average molecular weight is 344 g/mol. The van der Waals surface area contributed by atoms with Crippen LogP contribution in [0.2, 0.25) is 0 Å². The molecule has 0 atom stereocenters. The maximum atomic E-state index is 12.0. The Morgan fingerprint density at radius 3 is 1.50 bits per heavy atom. The van der Waals surface area contributed by atoms with E-state index in [9.17, 15) is 4.79 Å². The summed E-state index contributed by atoms with van der Waals surface area (Å²) < 4.78 is 10.5. The van der Waals surface area contributed by atoms with Gasteiger partial charge in [-0.2, -0.15) is 0 Å². The van der Waals surface area contributed by atoms with Crippen molar-refractivity contribution in [1.82, 2.24) is 0 Å². The zero-order valence-corrected chi connectivity index (χ0v) is 14.8. The third kappa shape index (κ3) is 3.67. The molecule has 3 aromatic rings. The van der Waals surface area contributed by atoms with Gasteiger partial charge in [-0.05, 0) is 41.0 Å². The lowest BCUT2D eigenvalue weighted by atomic mass is 9.90. The van der Waals surface area contributed by atoms with Crippen molar-refractivity contribution in [3.8, 4) is 11.5 Å². The quantitative estimate of drug-likeness (QED) is 0.364. The molecule has 3 nitrogen and oxygen atoms in total. The van der Waals surface area contributed by atoms with Crippen LogP contribution in [-0.4, -0.2) is 20.5 Å². The Labute approximate surface area is 153 Å². The third-order valence-corrected chi connectivity index (χ3v) is 4.23. The Bertz CT molecular complexity index is 843. The van der Waals surface area contributed by atoms with Crippen molar-refractivity contribution in [2.24, 2.45) is 0 Å². The molecular formula is C23H20O3. The minimum absolute atomic E-state index is 0.640. The predicted molar refractivity (Wildman–Crippen MR) is 104 cm³/mol. The van der Waals surface area contributed by atoms with Gasteiger partial charge in [0.15, 0.2) is 6.29 Å². The van der Waals surface area contributed by atoms with Gasteiger partial charge >= 0.3 is 0 Å². The topological polar surface area (TPSA) is 35.5 Å². The smallest absolute Gasteiger partial charge is 0.151 e. The first-order valence-corrected chi connectivity index (χ1v) is 8.30. The first-order chi connectivity index (χ1) is 12.8. The van der Waals surface area contributed by atoms with Crippen molar-refractivity contribution in [3.63, 3.8) is 0 Å². The Kier molecular flexibility index (Phi) is 5.49. The van der Waals surface area contributed by atoms with Crippen LogP contribution in [0.15, 0.2) is 78.9 Å². The molecule has 0 aromatic heterocycles. The monoisotopic (exact) mass is 344 g/mol. The van der Waals surface area contributed by atoms with E-state index in [2.05, 4.69) is 0 Å². The summed E-state index contributed by atoms with van der Waals surface area (Å²) in [5.74, 6) is 1.55. The summed E-state index contributed by atoms with van der Waals surface area (Å²) in [7, 11) is 3.27. The van der Waals surface area contributed by atoms with Crippen molar-refractivity contribution in [2.75, 3.05) is 14.2 Å². The molecule has 0 unspecified atom stereocenters. The van der Waals surface area contributed by atoms with Crippen molar-refractivity contribution in [3.05, 3.63) is 95.6 Å². The van der Waals surface area contributed by atoms with Crippen molar-refractivity contribution < 1.29 is 14.3 Å². The summed E-state index contributed by atoms with van der Waals surface area (Å²) in [5, 5.41) is 0. The molecular weight excluding hydrogens is 324 g/mol. The molecule has 0 N–H and O–H groups in total. The zero-order valence-electron chi connectivity index (χ0n) is 14.8. The number of carbonyl (C=O) groups is 1. The molecule has 0 radical (unpaired) electrons. The molecule has 3 aromatic carbocycles. The van der Waals surface area contributed by atoms with E-state index in [1.807, 2.05) is 78.9 Å². The van der Waals surface area contributed by atoms with Crippen molar-refractivity contribution >= 4 is 17.4 Å². The van der Waals surface area contributed by atoms with Gasteiger partial charge in [0.2, 0.25) is 0 Å². The maximum absolute atomic E-state index is 12.0. The van der Waals surface area contributed by atoms with Crippen LogP contribution in [-0.2, 0) is 4.79 Å². The van der Waals surface area contributed by atoms with Gasteiger partial charge in [-0.15, -0.1) is 0 Å². The summed E-state index contributed by atoms with van der Waals surface area (Å²) in [6.07, 6.45) is 0.916. The first kappa shape index (κ1) is 17.5. The summed E-state index contributed by atoms with van der Waals surface area (Å²) in [6.45, 7) is 0. The van der Waals surface area contributed by atoms with E-state index in [-0.39, 0.29) is 0 Å². The highest BCUT2D eigenvalue weighted by molar-refractivity contribution is 6.20. The molecule has 130 valence electrons. The van der Waals surface area contributed by atoms with Crippen LogP contribution in [0.3, 0.4) is 0 Å². The van der Waals surface area contributed by atoms with Gasteiger partial charge in [0.25, 0.3) is 0 Å². The van der Waals surface area contributed by atoms with Crippen LogP contribution in [0, 0.1) is 0 Å². The lowest BCUT2D eigenvalue weighted by molar-refractivity contribution is -0.103. The number of aldehydes is 1. The lowest BCUT2D eigenvalue weighted by Gasteiger charge is -2.14. The van der Waals surface area contributed by atoms with E-state index in [1.165, 1.54) is 0 Å². The summed E-state index contributed by atoms with van der Waals surface area (Å²) in [6, 6.07) is 25.1. The highest BCUT2D eigenvalue weighted by atomic mass is 16.5. The lowest BCUT2D eigenvalue weighted by Crippen LogP contribution is -1.97. The minimum Gasteiger partial charge on any atom is -0.497 e. The number of carbonyl (C=O) groups excluding carboxylic acids is 1. The Morgan fingerprint density at radius 1 is 0.654 bits per heavy atom. The molecule has 0 aliphatic heterocycles. The molecule has 0 amide bonds. The Balaban J connectivity index is 2.22. The number of hydrogen-bond acceptors (Lipinski definition) is 3. The number of allylic oxidation sites excluding steroid dienone is 1. The number of methoxy groups -OCH3 is 2. The summed E-state index contributed by atoms with van der Waals surface area (Å²) in [5.41, 5.74) is 4.28. The molecule has 3 heteroatoms. The van der Waals surface area contributed by atoms with Crippen LogP contribution in [0.5, 0.6) is 11.5 Å². The molecule has 0 saturated heterocycles. The second-order valence-corrected chi connectivity index (χ2v) is 5.73. The predicted octanol–water partition coefficient (Wildman–Crippen LogP) is 4.86. The van der Waals surface area contributed by atoms with Gasteiger partial charge in [0.05, 0.1) is 14.2 Å². The fraction of sp³-hybridized carbons (Fsp3) is 0.0870. The van der Waals surface area contributed by atoms with Gasteiger partial charge in [-0.3, -0.25) is 4.79 Å². The van der Waals surface area contributed by atoms with Crippen LogP contribution < -0.4 is 9.47 Å². The van der Waals surface area contributed by atoms with E-state index in [4.69, 9.17) is 9.47 Å². The number of rotatable bonds is 6. The summed E-state index contributed by atoms with van der Waals surface area (Å²) >= 11 is 0. The Morgan fingerprint density at radius 2 is 1.12 bits per heavy atom. The van der Waals surface area contributed by atoms with Gasteiger partial charge in [-0.1, -0.05) is 54.6 Å². The third-order valence-electron chi connectivity index (χ3n) is 4.23. The molecule has 0 heterocycles. The molecule has 0 spiro atoms. The van der Waals surface area contributed by atoms with Crippen LogP contribution in [0.1, 0.15) is 16.7 Å². The minimum atomic E-state index is 0.640. The second-order valence-electron chi connectivity index (χ2n) is 5.73. The van der Waals surface area contributed by atoms with Gasteiger partial charge in [0, 0.05) is 11.1 Å². The maximum Gasteiger partial charge on any atom is 0.151 e. The standard InChI is InChI=1S/C23H20O3/c1-25-20-12-8-18(9-13-20)23(19-10-14-21(26-2)15-11-19)22(16-24)17-6-4-3-5-7-17/h3-16H,1-2H3. The number of benzene rings is 3. The van der Waals surface area contributed by atoms with E-state index in [1.54, 1.807) is 14.2 Å². The van der Waals surface area contributed by atoms with Gasteiger partial charge in [-0.25, -0.2) is 0 Å². The van der Waals surface area contributed by atoms with E-state index >= 15 is 0 Å². The van der Waals surface area contributed by atoms with Crippen LogP contribution in [0.25, 0.3) is 11.1 Å². The fourth-order valence-corrected chi connectivity index (χ4v) is 2.88. The molecule has 0 saturated carbocycles. The van der Waals surface area contributed by atoms with Gasteiger partial charge in [0.1, 0.15) is 11.5 Å². The normalized spacial score (nSPS) is 10.1. The highest BCUT2D eigenvalue weighted by Crippen LogP contribution is 2.33. The molecule has 0 fully saturated rings. The van der Waals surface area contributed by atoms with Gasteiger partial charge < -0.3 is 9.47 Å². The zero-order chi connectivity index (χ0) is 18.4.